The van der Waals surface area contributed by atoms with E-state index in [0.717, 1.165) is 6.42 Å². The molecule has 3 aliphatic heterocycles. The van der Waals surface area contributed by atoms with Gasteiger partial charge in [0.25, 0.3) is 0 Å². The van der Waals surface area contributed by atoms with Gasteiger partial charge in [0.15, 0.2) is 0 Å². The molecular weight excluding hydrogens is 490 g/mol. The molecule has 1 aromatic rings. The summed E-state index contributed by atoms with van der Waals surface area (Å²) in [6.45, 7) is 2.12. The van der Waals surface area contributed by atoms with E-state index in [2.05, 4.69) is 26.6 Å². The fraction of sp³-hybridized carbons (Fsp3) is 0.571. The Kier molecular flexibility index (Phi) is 6.31. The number of hydrogen-bond donors (Lipinski definition) is 3. The van der Waals surface area contributed by atoms with Crippen LogP contribution in [0.2, 0.25) is 5.02 Å². The number of amides is 3. The molecule has 3 amide bonds. The van der Waals surface area contributed by atoms with Crippen LogP contribution in [0.5, 0.6) is 0 Å². The van der Waals surface area contributed by atoms with Gasteiger partial charge in [-0.25, -0.2) is 0 Å². The van der Waals surface area contributed by atoms with Gasteiger partial charge in [-0.15, -0.1) is 0 Å². The number of fused-ring (bicyclic) bond motifs is 1. The van der Waals surface area contributed by atoms with Gasteiger partial charge >= 0.3 is 0 Å². The molecule has 0 aliphatic carbocycles. The molecule has 1 spiro atoms. The number of ether oxygens (including phenoxy) is 1. The van der Waals surface area contributed by atoms with E-state index in [0.29, 0.717) is 23.7 Å². The molecule has 8 nitrogen and oxygen atoms in total. The third-order valence-electron chi connectivity index (χ3n) is 6.36. The molecule has 3 saturated heterocycles. The normalized spacial score (nSPS) is 33.5. The number of aliphatic hydroxyl groups excluding tert-OH is 1. The number of anilines is 1. The molecule has 0 aromatic heterocycles. The molecule has 31 heavy (non-hydrogen) atoms. The van der Waals surface area contributed by atoms with Gasteiger partial charge in [-0.1, -0.05) is 46.6 Å². The summed E-state index contributed by atoms with van der Waals surface area (Å²) in [4.78, 5) is 41.0. The van der Waals surface area contributed by atoms with Gasteiger partial charge < -0.3 is 25.4 Å². The minimum atomic E-state index is -1.15. The highest BCUT2D eigenvalue weighted by Gasteiger charge is 2.76. The second-order valence-electron chi connectivity index (χ2n) is 8.18. The van der Waals surface area contributed by atoms with Crippen molar-refractivity contribution in [2.45, 2.75) is 42.3 Å². The molecule has 3 unspecified atom stereocenters. The summed E-state index contributed by atoms with van der Waals surface area (Å²) < 4.78 is 6.31. The number of β-amino-alcohol motifs (C(OH)–C–C–N with tert-alkyl or cyclic N) is 1. The average molecular weight is 515 g/mol. The molecule has 4 rings (SSSR count). The van der Waals surface area contributed by atoms with E-state index in [1.807, 2.05) is 6.92 Å². The van der Waals surface area contributed by atoms with Crippen molar-refractivity contribution >= 4 is 50.9 Å². The number of halogens is 2. The number of nitrogens with zero attached hydrogens (tertiary/aromatic N) is 1. The van der Waals surface area contributed by atoms with Gasteiger partial charge in [0.1, 0.15) is 11.6 Å². The van der Waals surface area contributed by atoms with Crippen LogP contribution in [0.15, 0.2) is 24.3 Å². The van der Waals surface area contributed by atoms with Crippen molar-refractivity contribution < 1.29 is 24.2 Å². The first-order chi connectivity index (χ1) is 14.9. The monoisotopic (exact) mass is 513 g/mol. The van der Waals surface area contributed by atoms with E-state index in [1.54, 1.807) is 24.3 Å². The maximum absolute atomic E-state index is 13.4. The van der Waals surface area contributed by atoms with Crippen LogP contribution < -0.4 is 10.6 Å². The third-order valence-corrected chi connectivity index (χ3v) is 7.54. The lowest BCUT2D eigenvalue weighted by molar-refractivity contribution is -0.141. The Morgan fingerprint density at radius 1 is 1.35 bits per heavy atom. The Morgan fingerprint density at radius 3 is 2.77 bits per heavy atom. The van der Waals surface area contributed by atoms with Crippen molar-refractivity contribution in [3.8, 4) is 0 Å². The minimum Gasteiger partial charge on any atom is -0.395 e. The Labute approximate surface area is 193 Å². The second kappa shape index (κ2) is 8.69. The number of carbonyl (C=O) groups is 3. The van der Waals surface area contributed by atoms with E-state index < -0.39 is 35.5 Å². The molecule has 3 heterocycles. The predicted octanol–water partition coefficient (Wildman–Crippen LogP) is 1.54. The zero-order valence-electron chi connectivity index (χ0n) is 17.0. The summed E-state index contributed by atoms with van der Waals surface area (Å²) in [5, 5.41) is 15.6. The van der Waals surface area contributed by atoms with Crippen molar-refractivity contribution in [3.63, 3.8) is 0 Å². The average Bonchev–Trinajstić information content (AvgIpc) is 3.32. The fourth-order valence-corrected chi connectivity index (χ4v) is 6.33. The van der Waals surface area contributed by atoms with Gasteiger partial charge in [-0.3, -0.25) is 14.4 Å². The molecule has 3 aliphatic rings. The van der Waals surface area contributed by atoms with Crippen LogP contribution in [0, 0.1) is 11.8 Å². The van der Waals surface area contributed by atoms with Crippen molar-refractivity contribution in [1.29, 1.82) is 0 Å². The summed E-state index contributed by atoms with van der Waals surface area (Å²) in [6, 6.07) is 5.84. The summed E-state index contributed by atoms with van der Waals surface area (Å²) in [5.41, 5.74) is -0.726. The van der Waals surface area contributed by atoms with E-state index >= 15 is 0 Å². The molecule has 0 saturated carbocycles. The lowest BCUT2D eigenvalue weighted by Crippen LogP contribution is -2.54. The zero-order valence-corrected chi connectivity index (χ0v) is 19.4. The van der Waals surface area contributed by atoms with Crippen LogP contribution in [-0.4, -0.2) is 70.0 Å². The van der Waals surface area contributed by atoms with E-state index in [-0.39, 0.29) is 29.8 Å². The second-order valence-corrected chi connectivity index (χ2v) is 9.76. The molecular formula is C21H25BrClN3O5. The van der Waals surface area contributed by atoms with Gasteiger partial charge in [0.2, 0.25) is 17.7 Å². The van der Waals surface area contributed by atoms with Crippen LogP contribution in [-0.2, 0) is 19.1 Å². The Morgan fingerprint density at radius 2 is 2.10 bits per heavy atom. The summed E-state index contributed by atoms with van der Waals surface area (Å²) in [5.74, 6) is -2.51. The molecule has 0 radical (unpaired) electrons. The predicted molar refractivity (Wildman–Crippen MR) is 118 cm³/mol. The SMILES string of the molecule is CCCNC(=O)[C@H]1[C@H]2C(=O)N(CCO)C(C(=O)Nc3ccccc3Cl)C23CC(Br)[C@@H]1O3. The van der Waals surface area contributed by atoms with E-state index in [9.17, 15) is 19.5 Å². The number of benzene rings is 1. The topological polar surface area (TPSA) is 108 Å². The first-order valence-corrected chi connectivity index (χ1v) is 11.7. The van der Waals surface area contributed by atoms with E-state index in [4.69, 9.17) is 16.3 Å². The van der Waals surface area contributed by atoms with Crippen molar-refractivity contribution in [1.82, 2.24) is 10.2 Å². The largest absolute Gasteiger partial charge is 0.395 e. The van der Waals surface area contributed by atoms with Crippen molar-refractivity contribution in [3.05, 3.63) is 29.3 Å². The number of para-hydroxylation sites is 1. The molecule has 6 atom stereocenters. The lowest BCUT2D eigenvalue weighted by Gasteiger charge is -2.34. The van der Waals surface area contributed by atoms with Crippen LogP contribution in [0.4, 0.5) is 5.69 Å². The van der Waals surface area contributed by atoms with Gasteiger partial charge in [0, 0.05) is 17.9 Å². The Hall–Kier alpha value is -1.68. The number of rotatable bonds is 7. The molecule has 10 heteroatoms. The number of aliphatic hydroxyl groups is 1. The summed E-state index contributed by atoms with van der Waals surface area (Å²) in [6.07, 6.45) is 0.678. The Bertz CT molecular complexity index is 902. The third kappa shape index (κ3) is 3.55. The van der Waals surface area contributed by atoms with E-state index in [1.165, 1.54) is 4.90 Å². The first kappa shape index (κ1) is 22.5. The highest BCUT2D eigenvalue weighted by Crippen LogP contribution is 2.60. The summed E-state index contributed by atoms with van der Waals surface area (Å²) in [7, 11) is 0. The van der Waals surface area contributed by atoms with Crippen LogP contribution in [0.25, 0.3) is 0 Å². The number of hydrogen-bond acceptors (Lipinski definition) is 5. The fourth-order valence-electron chi connectivity index (χ4n) is 5.21. The molecule has 3 N–H and O–H groups in total. The number of carbonyl (C=O) groups excluding carboxylic acids is 3. The molecule has 168 valence electrons. The first-order valence-electron chi connectivity index (χ1n) is 10.4. The Balaban J connectivity index is 1.70. The molecule has 3 fully saturated rings. The smallest absolute Gasteiger partial charge is 0.250 e. The molecule has 2 bridgehead atoms. The number of alkyl halides is 1. The molecule has 1 aromatic carbocycles. The van der Waals surface area contributed by atoms with Gasteiger partial charge in [-0.05, 0) is 25.0 Å². The lowest BCUT2D eigenvalue weighted by atomic mass is 9.70. The van der Waals surface area contributed by atoms with Crippen LogP contribution >= 0.6 is 27.5 Å². The highest BCUT2D eigenvalue weighted by molar-refractivity contribution is 9.09. The minimum absolute atomic E-state index is 0.0258. The van der Waals surface area contributed by atoms with Crippen LogP contribution in [0.3, 0.4) is 0 Å². The number of likely N-dealkylation sites (tertiary alicyclic amines) is 1. The summed E-state index contributed by atoms with van der Waals surface area (Å²) >= 11 is 9.80. The standard InChI is InChI=1S/C21H25BrClN3O5/c1-2-7-24-18(28)14-15-20(30)26(8-9-27)17(21(15)10-11(22)16(14)31-21)19(29)25-13-6-4-3-5-12(13)23/h3-6,11,14-17,27H,2,7-10H2,1H3,(H,24,28)(H,25,29)/t11?,14-,15-,16-,17?,21?/m0/s1. The van der Waals surface area contributed by atoms with Crippen molar-refractivity contribution in [2.75, 3.05) is 25.0 Å². The quantitative estimate of drug-likeness (QED) is 0.479. The van der Waals surface area contributed by atoms with Crippen LogP contribution in [0.1, 0.15) is 19.8 Å². The zero-order chi connectivity index (χ0) is 22.3. The highest BCUT2D eigenvalue weighted by atomic mass is 79.9. The van der Waals surface area contributed by atoms with Crippen molar-refractivity contribution in [2.24, 2.45) is 11.8 Å². The maximum Gasteiger partial charge on any atom is 0.250 e. The van der Waals surface area contributed by atoms with Gasteiger partial charge in [-0.2, -0.15) is 0 Å². The number of nitrogens with one attached hydrogen (secondary N) is 2. The van der Waals surface area contributed by atoms with Gasteiger partial charge in [0.05, 0.1) is 35.3 Å². The maximum atomic E-state index is 13.4.